The lowest BCUT2D eigenvalue weighted by atomic mass is 10.1. The fraction of sp³-hybridized carbons (Fsp3) is 0.235. The van der Waals surface area contributed by atoms with E-state index < -0.39 is 23.9 Å². The summed E-state index contributed by atoms with van der Waals surface area (Å²) in [6.07, 6.45) is 0.127. The second-order valence-electron chi connectivity index (χ2n) is 6.10. The Kier molecular flexibility index (Phi) is 4.41. The normalized spacial score (nSPS) is 14.7. The molecule has 1 fully saturated rings. The van der Waals surface area contributed by atoms with Gasteiger partial charge in [0.15, 0.2) is 0 Å². The van der Waals surface area contributed by atoms with Crippen molar-refractivity contribution in [1.29, 1.82) is 0 Å². The SMILES string of the molecule is O=C(NC1(c2ccc(F)cc2)CC1)Oc1ncc(-c2nnc(C(F)F)o2)cn1. The monoisotopic (exact) mass is 391 g/mol. The number of carbonyl (C=O) groups excluding carboxylic acids is 1. The highest BCUT2D eigenvalue weighted by Crippen LogP contribution is 2.45. The van der Waals surface area contributed by atoms with E-state index in [1.165, 1.54) is 24.5 Å². The number of nitrogens with one attached hydrogen (secondary N) is 1. The minimum atomic E-state index is -2.88. The van der Waals surface area contributed by atoms with Gasteiger partial charge in [0.25, 0.3) is 11.8 Å². The number of hydrogen-bond donors (Lipinski definition) is 1. The molecule has 2 aromatic heterocycles. The Bertz CT molecular complexity index is 988. The Labute approximate surface area is 155 Å². The zero-order chi connectivity index (χ0) is 19.7. The van der Waals surface area contributed by atoms with Gasteiger partial charge in [0.05, 0.1) is 11.1 Å². The zero-order valence-corrected chi connectivity index (χ0v) is 14.1. The molecule has 144 valence electrons. The van der Waals surface area contributed by atoms with Gasteiger partial charge in [-0.1, -0.05) is 12.1 Å². The van der Waals surface area contributed by atoms with E-state index in [9.17, 15) is 18.0 Å². The van der Waals surface area contributed by atoms with Crippen molar-refractivity contribution in [3.05, 3.63) is 53.9 Å². The first kappa shape index (κ1) is 17.9. The predicted molar refractivity (Wildman–Crippen MR) is 86.8 cm³/mol. The maximum atomic E-state index is 13.1. The predicted octanol–water partition coefficient (Wildman–Crippen LogP) is 3.38. The van der Waals surface area contributed by atoms with E-state index in [-0.39, 0.29) is 23.3 Å². The molecular formula is C17H12F3N5O3. The Morgan fingerprint density at radius 1 is 1.14 bits per heavy atom. The Balaban J connectivity index is 1.40. The van der Waals surface area contributed by atoms with Crippen LogP contribution in [-0.2, 0) is 5.54 Å². The average molecular weight is 391 g/mol. The summed E-state index contributed by atoms with van der Waals surface area (Å²) in [4.78, 5) is 19.8. The van der Waals surface area contributed by atoms with E-state index in [1.54, 1.807) is 12.1 Å². The molecule has 0 aliphatic heterocycles. The lowest BCUT2D eigenvalue weighted by Gasteiger charge is -2.17. The first-order chi connectivity index (χ1) is 13.4. The summed E-state index contributed by atoms with van der Waals surface area (Å²) in [7, 11) is 0. The van der Waals surface area contributed by atoms with E-state index in [0.29, 0.717) is 12.8 Å². The van der Waals surface area contributed by atoms with Crippen LogP contribution in [0.4, 0.5) is 18.0 Å². The van der Waals surface area contributed by atoms with Crippen LogP contribution in [0.3, 0.4) is 0 Å². The maximum Gasteiger partial charge on any atom is 0.415 e. The third-order valence-electron chi connectivity index (χ3n) is 4.17. The van der Waals surface area contributed by atoms with Crippen LogP contribution in [0.25, 0.3) is 11.5 Å². The van der Waals surface area contributed by atoms with Gasteiger partial charge in [-0.2, -0.15) is 8.78 Å². The molecule has 1 N–H and O–H groups in total. The maximum absolute atomic E-state index is 13.1. The first-order valence-corrected chi connectivity index (χ1v) is 8.15. The molecule has 11 heteroatoms. The van der Waals surface area contributed by atoms with Crippen LogP contribution in [0.1, 0.15) is 30.7 Å². The first-order valence-electron chi connectivity index (χ1n) is 8.15. The molecule has 1 amide bonds. The van der Waals surface area contributed by atoms with Crippen molar-refractivity contribution in [2.24, 2.45) is 0 Å². The Hall–Kier alpha value is -3.50. The number of halogens is 3. The lowest BCUT2D eigenvalue weighted by Crippen LogP contribution is -2.37. The number of amides is 1. The van der Waals surface area contributed by atoms with E-state index in [4.69, 9.17) is 9.15 Å². The van der Waals surface area contributed by atoms with Gasteiger partial charge >= 0.3 is 18.5 Å². The largest absolute Gasteiger partial charge is 0.415 e. The molecule has 2 heterocycles. The van der Waals surface area contributed by atoms with Crippen LogP contribution in [0, 0.1) is 5.82 Å². The fourth-order valence-electron chi connectivity index (χ4n) is 2.60. The minimum Gasteiger partial charge on any atom is -0.415 e. The Morgan fingerprint density at radius 3 is 2.39 bits per heavy atom. The average Bonchev–Trinajstić information content (AvgIpc) is 3.27. The van der Waals surface area contributed by atoms with Crippen LogP contribution in [0.2, 0.25) is 0 Å². The van der Waals surface area contributed by atoms with Gasteiger partial charge in [-0.05, 0) is 30.5 Å². The highest BCUT2D eigenvalue weighted by molar-refractivity contribution is 5.71. The summed E-state index contributed by atoms with van der Waals surface area (Å²) >= 11 is 0. The van der Waals surface area contributed by atoms with Crippen molar-refractivity contribution in [3.8, 4) is 17.5 Å². The van der Waals surface area contributed by atoms with Gasteiger partial charge in [-0.15, -0.1) is 10.2 Å². The summed E-state index contributed by atoms with van der Waals surface area (Å²) in [6, 6.07) is 5.60. The number of carbonyl (C=O) groups is 1. The molecule has 1 saturated carbocycles. The van der Waals surface area contributed by atoms with E-state index in [1.807, 2.05) is 0 Å². The summed E-state index contributed by atoms with van der Waals surface area (Å²) in [5, 5.41) is 9.40. The van der Waals surface area contributed by atoms with Gasteiger partial charge in [0.2, 0.25) is 0 Å². The molecular weight excluding hydrogens is 379 g/mol. The molecule has 1 aliphatic rings. The molecule has 1 aromatic carbocycles. The molecule has 1 aliphatic carbocycles. The van der Waals surface area contributed by atoms with E-state index in [0.717, 1.165) is 5.56 Å². The van der Waals surface area contributed by atoms with Crippen molar-refractivity contribution in [2.45, 2.75) is 24.8 Å². The summed E-state index contributed by atoms with van der Waals surface area (Å²) in [5.41, 5.74) is 0.366. The van der Waals surface area contributed by atoms with Crippen LogP contribution in [-0.4, -0.2) is 26.3 Å². The zero-order valence-electron chi connectivity index (χ0n) is 14.1. The van der Waals surface area contributed by atoms with Gasteiger partial charge < -0.3 is 14.5 Å². The molecule has 8 nitrogen and oxygen atoms in total. The fourth-order valence-corrected chi connectivity index (χ4v) is 2.60. The molecule has 28 heavy (non-hydrogen) atoms. The standard InChI is InChI=1S/C17H12F3N5O3/c18-11-3-1-10(2-4-11)17(5-6-17)23-16(26)28-15-21-7-9(8-22-15)13-24-25-14(27-13)12(19)20/h1-4,7-8,12H,5-6H2,(H,23,26). The lowest BCUT2D eigenvalue weighted by molar-refractivity contribution is 0.116. The van der Waals surface area contributed by atoms with Crippen molar-refractivity contribution >= 4 is 6.09 Å². The van der Waals surface area contributed by atoms with Crippen molar-refractivity contribution < 1.29 is 27.1 Å². The topological polar surface area (TPSA) is 103 Å². The molecule has 0 atom stereocenters. The van der Waals surface area contributed by atoms with E-state index in [2.05, 4.69) is 25.5 Å². The molecule has 0 bridgehead atoms. The highest BCUT2D eigenvalue weighted by Gasteiger charge is 2.46. The van der Waals surface area contributed by atoms with E-state index >= 15 is 0 Å². The summed E-state index contributed by atoms with van der Waals surface area (Å²) in [5.74, 6) is -1.36. The molecule has 3 aromatic rings. The number of alkyl halides is 2. The second-order valence-corrected chi connectivity index (χ2v) is 6.10. The van der Waals surface area contributed by atoms with Gasteiger partial charge in [-0.25, -0.2) is 19.2 Å². The van der Waals surface area contributed by atoms with Crippen molar-refractivity contribution in [3.63, 3.8) is 0 Å². The third-order valence-corrected chi connectivity index (χ3v) is 4.17. The number of aromatic nitrogens is 4. The van der Waals surface area contributed by atoms with Crippen LogP contribution < -0.4 is 10.1 Å². The van der Waals surface area contributed by atoms with Crippen molar-refractivity contribution in [1.82, 2.24) is 25.5 Å². The van der Waals surface area contributed by atoms with Crippen LogP contribution in [0.15, 0.2) is 41.1 Å². The molecule has 0 saturated heterocycles. The number of benzene rings is 1. The quantitative estimate of drug-likeness (QED) is 0.711. The number of nitrogens with zero attached hydrogens (tertiary/aromatic N) is 4. The van der Waals surface area contributed by atoms with Gasteiger partial charge in [0, 0.05) is 12.4 Å². The third kappa shape index (κ3) is 3.63. The van der Waals surface area contributed by atoms with Gasteiger partial charge in [-0.3, -0.25) is 0 Å². The molecule has 0 spiro atoms. The van der Waals surface area contributed by atoms with Crippen molar-refractivity contribution in [2.75, 3.05) is 0 Å². The van der Waals surface area contributed by atoms with Crippen LogP contribution >= 0.6 is 0 Å². The summed E-state index contributed by atoms with van der Waals surface area (Å²) < 4.78 is 47.8. The molecule has 0 unspecified atom stereocenters. The molecule has 0 radical (unpaired) electrons. The minimum absolute atomic E-state index is 0.181. The molecule has 4 rings (SSSR count). The second kappa shape index (κ2) is 6.91. The highest BCUT2D eigenvalue weighted by atomic mass is 19.3. The van der Waals surface area contributed by atoms with Crippen LogP contribution in [0.5, 0.6) is 6.01 Å². The smallest absolute Gasteiger partial charge is 0.415 e. The van der Waals surface area contributed by atoms with Gasteiger partial charge in [0.1, 0.15) is 5.82 Å². The number of hydrogen-bond acceptors (Lipinski definition) is 7. The Morgan fingerprint density at radius 2 is 1.82 bits per heavy atom. The number of rotatable bonds is 5. The summed E-state index contributed by atoms with van der Waals surface area (Å²) in [6.45, 7) is 0. The number of ether oxygens (including phenoxy) is 1.